The second-order valence-corrected chi connectivity index (χ2v) is 2.64. The minimum atomic E-state index is -0.310. The first-order chi connectivity index (χ1) is 5.22. The number of amides is 1. The highest BCUT2D eigenvalue weighted by atomic mass is 16.2. The molecule has 0 spiro atoms. The van der Waals surface area contributed by atoms with E-state index in [1.165, 1.54) is 0 Å². The van der Waals surface area contributed by atoms with Crippen LogP contribution in [0, 0.1) is 0 Å². The fourth-order valence-corrected chi connectivity index (χ4v) is 0.860. The van der Waals surface area contributed by atoms with Gasteiger partial charge in [-0.15, -0.1) is 0 Å². The number of nitrogens with two attached hydrogens (primary N) is 1. The molecular weight excluding hydrogens is 140 g/mol. The SMILES string of the molecule is CCCC[C@H](N)C(=O)NCC. The summed E-state index contributed by atoms with van der Waals surface area (Å²) in [6.45, 7) is 4.65. The van der Waals surface area contributed by atoms with Gasteiger partial charge in [-0.25, -0.2) is 0 Å². The first-order valence-corrected chi connectivity index (χ1v) is 4.25. The van der Waals surface area contributed by atoms with E-state index in [0.29, 0.717) is 6.54 Å². The third-order valence-corrected chi connectivity index (χ3v) is 1.56. The van der Waals surface area contributed by atoms with Gasteiger partial charge in [-0.2, -0.15) is 0 Å². The molecular formula is C8H18N2O. The summed E-state index contributed by atoms with van der Waals surface area (Å²) in [5, 5.41) is 2.69. The van der Waals surface area contributed by atoms with Crippen LogP contribution in [0.15, 0.2) is 0 Å². The summed E-state index contributed by atoms with van der Waals surface area (Å²) in [6, 6.07) is -0.310. The Labute approximate surface area is 68.3 Å². The van der Waals surface area contributed by atoms with Crippen LogP contribution in [0.5, 0.6) is 0 Å². The maximum atomic E-state index is 11.0. The van der Waals surface area contributed by atoms with Crippen LogP contribution in [-0.2, 0) is 4.79 Å². The predicted molar refractivity (Wildman–Crippen MR) is 46.2 cm³/mol. The Morgan fingerprint density at radius 2 is 2.18 bits per heavy atom. The molecule has 3 N–H and O–H groups in total. The molecule has 0 saturated heterocycles. The fourth-order valence-electron chi connectivity index (χ4n) is 0.860. The zero-order valence-corrected chi connectivity index (χ0v) is 7.39. The van der Waals surface area contributed by atoms with Crippen molar-refractivity contribution in [2.75, 3.05) is 6.54 Å². The molecule has 0 saturated carbocycles. The van der Waals surface area contributed by atoms with Crippen LogP contribution in [0.25, 0.3) is 0 Å². The summed E-state index contributed by atoms with van der Waals surface area (Å²) in [5.41, 5.74) is 5.58. The standard InChI is InChI=1S/C8H18N2O/c1-3-5-6-7(9)8(11)10-4-2/h7H,3-6,9H2,1-2H3,(H,10,11)/t7-/m0/s1. The number of carbonyl (C=O) groups is 1. The molecule has 11 heavy (non-hydrogen) atoms. The van der Waals surface area contributed by atoms with Crippen molar-refractivity contribution < 1.29 is 4.79 Å². The molecule has 0 fully saturated rings. The van der Waals surface area contributed by atoms with Crippen molar-refractivity contribution in [1.82, 2.24) is 5.32 Å². The van der Waals surface area contributed by atoms with Gasteiger partial charge in [0.25, 0.3) is 0 Å². The van der Waals surface area contributed by atoms with Crippen LogP contribution in [-0.4, -0.2) is 18.5 Å². The molecule has 0 rings (SSSR count). The summed E-state index contributed by atoms with van der Waals surface area (Å²) in [6.07, 6.45) is 2.91. The molecule has 0 unspecified atom stereocenters. The van der Waals surface area contributed by atoms with E-state index >= 15 is 0 Å². The Morgan fingerprint density at radius 3 is 2.64 bits per heavy atom. The van der Waals surface area contributed by atoms with Crippen molar-refractivity contribution in [2.45, 2.75) is 39.2 Å². The van der Waals surface area contributed by atoms with Gasteiger partial charge in [0.1, 0.15) is 0 Å². The molecule has 0 heterocycles. The Kier molecular flexibility index (Phi) is 5.84. The number of likely N-dealkylation sites (N-methyl/N-ethyl adjacent to an activating group) is 1. The topological polar surface area (TPSA) is 55.1 Å². The molecule has 1 amide bonds. The quantitative estimate of drug-likeness (QED) is 0.617. The van der Waals surface area contributed by atoms with E-state index in [4.69, 9.17) is 5.73 Å². The van der Waals surface area contributed by atoms with Gasteiger partial charge in [-0.05, 0) is 13.3 Å². The van der Waals surface area contributed by atoms with E-state index in [-0.39, 0.29) is 11.9 Å². The summed E-state index contributed by atoms with van der Waals surface area (Å²) in [5.74, 6) is -0.0269. The summed E-state index contributed by atoms with van der Waals surface area (Å²) in [7, 11) is 0. The van der Waals surface area contributed by atoms with E-state index in [9.17, 15) is 4.79 Å². The van der Waals surface area contributed by atoms with Gasteiger partial charge in [0.2, 0.25) is 5.91 Å². The number of rotatable bonds is 5. The van der Waals surface area contributed by atoms with Crippen molar-refractivity contribution in [3.05, 3.63) is 0 Å². The summed E-state index contributed by atoms with van der Waals surface area (Å²) < 4.78 is 0. The monoisotopic (exact) mass is 158 g/mol. The zero-order valence-electron chi connectivity index (χ0n) is 7.39. The van der Waals surface area contributed by atoms with Crippen LogP contribution < -0.4 is 11.1 Å². The van der Waals surface area contributed by atoms with Crippen molar-refractivity contribution >= 4 is 5.91 Å². The smallest absolute Gasteiger partial charge is 0.236 e. The number of unbranched alkanes of at least 4 members (excludes halogenated alkanes) is 1. The second kappa shape index (κ2) is 6.16. The van der Waals surface area contributed by atoms with Crippen LogP contribution in [0.2, 0.25) is 0 Å². The molecule has 1 atom stereocenters. The Morgan fingerprint density at radius 1 is 1.55 bits per heavy atom. The number of hydrogen-bond donors (Lipinski definition) is 2. The number of carbonyl (C=O) groups excluding carboxylic acids is 1. The minimum absolute atomic E-state index is 0.0269. The summed E-state index contributed by atoms with van der Waals surface area (Å²) >= 11 is 0. The molecule has 0 aromatic rings. The van der Waals surface area contributed by atoms with E-state index in [1.807, 2.05) is 6.92 Å². The molecule has 3 nitrogen and oxygen atoms in total. The van der Waals surface area contributed by atoms with Gasteiger partial charge in [-0.3, -0.25) is 4.79 Å². The van der Waals surface area contributed by atoms with E-state index in [0.717, 1.165) is 19.3 Å². The molecule has 0 aromatic carbocycles. The lowest BCUT2D eigenvalue weighted by atomic mass is 10.1. The number of nitrogens with one attached hydrogen (secondary N) is 1. The van der Waals surface area contributed by atoms with E-state index in [2.05, 4.69) is 12.2 Å². The van der Waals surface area contributed by atoms with Gasteiger partial charge in [0.05, 0.1) is 6.04 Å². The third-order valence-electron chi connectivity index (χ3n) is 1.56. The molecule has 66 valence electrons. The Balaban J connectivity index is 3.46. The van der Waals surface area contributed by atoms with Gasteiger partial charge in [0.15, 0.2) is 0 Å². The van der Waals surface area contributed by atoms with Gasteiger partial charge < -0.3 is 11.1 Å². The maximum absolute atomic E-state index is 11.0. The third kappa shape index (κ3) is 4.79. The van der Waals surface area contributed by atoms with Crippen molar-refractivity contribution in [3.63, 3.8) is 0 Å². The first kappa shape index (κ1) is 10.4. The van der Waals surface area contributed by atoms with Crippen LogP contribution in [0.1, 0.15) is 33.1 Å². The van der Waals surface area contributed by atoms with Crippen LogP contribution in [0.3, 0.4) is 0 Å². The van der Waals surface area contributed by atoms with Crippen molar-refractivity contribution in [1.29, 1.82) is 0 Å². The average molecular weight is 158 g/mol. The second-order valence-electron chi connectivity index (χ2n) is 2.64. The van der Waals surface area contributed by atoms with Crippen molar-refractivity contribution in [2.24, 2.45) is 5.73 Å². The lowest BCUT2D eigenvalue weighted by Gasteiger charge is -2.09. The minimum Gasteiger partial charge on any atom is -0.355 e. The molecule has 0 aromatic heterocycles. The fraction of sp³-hybridized carbons (Fsp3) is 0.875. The first-order valence-electron chi connectivity index (χ1n) is 4.25. The Hall–Kier alpha value is -0.570. The van der Waals surface area contributed by atoms with E-state index < -0.39 is 0 Å². The highest BCUT2D eigenvalue weighted by molar-refractivity contribution is 5.81. The van der Waals surface area contributed by atoms with Gasteiger partial charge in [-0.1, -0.05) is 19.8 Å². The van der Waals surface area contributed by atoms with Crippen molar-refractivity contribution in [3.8, 4) is 0 Å². The van der Waals surface area contributed by atoms with Gasteiger partial charge >= 0.3 is 0 Å². The molecule has 3 heteroatoms. The lowest BCUT2D eigenvalue weighted by Crippen LogP contribution is -2.40. The highest BCUT2D eigenvalue weighted by Gasteiger charge is 2.10. The normalized spacial score (nSPS) is 12.6. The Bertz CT molecular complexity index is 115. The lowest BCUT2D eigenvalue weighted by molar-refractivity contribution is -0.122. The molecule has 0 aliphatic heterocycles. The molecule has 0 aliphatic carbocycles. The summed E-state index contributed by atoms with van der Waals surface area (Å²) in [4.78, 5) is 11.0. The highest BCUT2D eigenvalue weighted by Crippen LogP contribution is 1.97. The van der Waals surface area contributed by atoms with Crippen LogP contribution >= 0.6 is 0 Å². The van der Waals surface area contributed by atoms with Gasteiger partial charge in [0, 0.05) is 6.54 Å². The number of hydrogen-bond acceptors (Lipinski definition) is 2. The van der Waals surface area contributed by atoms with E-state index in [1.54, 1.807) is 0 Å². The predicted octanol–water partition coefficient (Wildman–Crippen LogP) is 0.640. The zero-order chi connectivity index (χ0) is 8.69. The van der Waals surface area contributed by atoms with Crippen LogP contribution in [0.4, 0.5) is 0 Å². The molecule has 0 bridgehead atoms. The largest absolute Gasteiger partial charge is 0.355 e. The average Bonchev–Trinajstić information content (AvgIpc) is 2.00. The molecule has 0 radical (unpaired) electrons. The molecule has 0 aliphatic rings. The maximum Gasteiger partial charge on any atom is 0.236 e.